The van der Waals surface area contributed by atoms with E-state index in [1.165, 1.54) is 5.56 Å². The second kappa shape index (κ2) is 11.3. The molecule has 0 saturated heterocycles. The van der Waals surface area contributed by atoms with Gasteiger partial charge in [0.05, 0.1) is 14.2 Å². The Balaban J connectivity index is 1.22. The monoisotopic (exact) mass is 510 g/mol. The van der Waals surface area contributed by atoms with Crippen LogP contribution in [-0.4, -0.2) is 37.5 Å². The van der Waals surface area contributed by atoms with Gasteiger partial charge in [0.2, 0.25) is 5.91 Å². The largest absolute Gasteiger partial charge is 0.497 e. The van der Waals surface area contributed by atoms with Gasteiger partial charge in [0.15, 0.2) is 0 Å². The lowest BCUT2D eigenvalue weighted by Crippen LogP contribution is -2.35. The van der Waals surface area contributed by atoms with Crippen LogP contribution in [0.15, 0.2) is 83.3 Å². The van der Waals surface area contributed by atoms with E-state index in [2.05, 4.69) is 17.4 Å². The van der Waals surface area contributed by atoms with E-state index in [1.54, 1.807) is 32.4 Å². The summed E-state index contributed by atoms with van der Waals surface area (Å²) < 4.78 is 16.6. The Hall–Kier alpha value is -4.52. The van der Waals surface area contributed by atoms with Crippen molar-refractivity contribution in [3.63, 3.8) is 0 Å². The maximum Gasteiger partial charge on any atom is 0.255 e. The average Bonchev–Trinajstić information content (AvgIpc) is 3.40. The van der Waals surface area contributed by atoms with Crippen LogP contribution in [0.5, 0.6) is 11.5 Å². The smallest absolute Gasteiger partial charge is 0.255 e. The zero-order valence-corrected chi connectivity index (χ0v) is 21.5. The summed E-state index contributed by atoms with van der Waals surface area (Å²) in [4.78, 5) is 27.5. The molecule has 0 unspecified atom stereocenters. The first-order chi connectivity index (χ1) is 18.5. The van der Waals surface area contributed by atoms with Gasteiger partial charge in [-0.05, 0) is 54.4 Å². The van der Waals surface area contributed by atoms with E-state index in [1.807, 2.05) is 53.4 Å². The van der Waals surface area contributed by atoms with Gasteiger partial charge in [0.1, 0.15) is 23.0 Å². The Bertz CT molecular complexity index is 1400. The van der Waals surface area contributed by atoms with Crippen molar-refractivity contribution in [3.8, 4) is 22.8 Å². The van der Waals surface area contributed by atoms with Gasteiger partial charge >= 0.3 is 0 Å². The molecular formula is C31H30N2O5. The van der Waals surface area contributed by atoms with Crippen molar-refractivity contribution in [2.24, 2.45) is 0 Å². The molecule has 3 aromatic carbocycles. The van der Waals surface area contributed by atoms with Gasteiger partial charge < -0.3 is 24.1 Å². The van der Waals surface area contributed by atoms with Crippen LogP contribution in [0.3, 0.4) is 0 Å². The Morgan fingerprint density at radius 2 is 1.63 bits per heavy atom. The first-order valence-corrected chi connectivity index (χ1v) is 12.6. The molecule has 0 spiro atoms. The van der Waals surface area contributed by atoms with Gasteiger partial charge in [0.25, 0.3) is 5.91 Å². The number of furan rings is 1. The van der Waals surface area contributed by atoms with Gasteiger partial charge in [-0.25, -0.2) is 0 Å². The predicted molar refractivity (Wildman–Crippen MR) is 146 cm³/mol. The van der Waals surface area contributed by atoms with E-state index in [0.717, 1.165) is 29.1 Å². The number of nitrogens with one attached hydrogen (secondary N) is 1. The van der Waals surface area contributed by atoms with Crippen molar-refractivity contribution in [2.45, 2.75) is 25.8 Å². The highest BCUT2D eigenvalue weighted by molar-refractivity contribution is 6.04. The predicted octanol–water partition coefficient (Wildman–Crippen LogP) is 5.73. The number of anilines is 1. The molecule has 4 aromatic rings. The molecule has 2 heterocycles. The SMILES string of the molecule is COc1cc(OC)cc(C(=O)Nc2ccc(-c3cc4c(o3)CCN(C(=O)CCc3ccccc3)C4)cc2)c1. The minimum atomic E-state index is -0.263. The molecule has 1 aromatic heterocycles. The van der Waals surface area contributed by atoms with Gasteiger partial charge in [-0.1, -0.05) is 30.3 Å². The lowest BCUT2D eigenvalue weighted by Gasteiger charge is -2.26. The van der Waals surface area contributed by atoms with Crippen LogP contribution in [0, 0.1) is 0 Å². The molecule has 0 bridgehead atoms. The van der Waals surface area contributed by atoms with Crippen LogP contribution in [0.1, 0.15) is 33.7 Å². The number of nitrogens with zero attached hydrogens (tertiary/aromatic N) is 1. The lowest BCUT2D eigenvalue weighted by atomic mass is 10.1. The number of aryl methyl sites for hydroxylation is 1. The van der Waals surface area contributed by atoms with Crippen molar-refractivity contribution in [1.82, 2.24) is 4.90 Å². The van der Waals surface area contributed by atoms with Crippen LogP contribution in [0.2, 0.25) is 0 Å². The zero-order valence-electron chi connectivity index (χ0n) is 21.5. The molecule has 7 nitrogen and oxygen atoms in total. The average molecular weight is 511 g/mol. The van der Waals surface area contributed by atoms with Gasteiger partial charge in [-0.2, -0.15) is 0 Å². The van der Waals surface area contributed by atoms with Crippen LogP contribution >= 0.6 is 0 Å². The fraction of sp³-hybridized carbons (Fsp3) is 0.226. The summed E-state index contributed by atoms with van der Waals surface area (Å²) in [5.74, 6) is 2.67. The summed E-state index contributed by atoms with van der Waals surface area (Å²) in [6.45, 7) is 1.22. The molecule has 1 N–H and O–H groups in total. The maximum atomic E-state index is 12.8. The second-order valence-electron chi connectivity index (χ2n) is 9.24. The molecule has 194 valence electrons. The number of amides is 2. The number of fused-ring (bicyclic) bond motifs is 1. The molecule has 0 aliphatic carbocycles. The number of rotatable bonds is 8. The summed E-state index contributed by atoms with van der Waals surface area (Å²) >= 11 is 0. The molecule has 0 radical (unpaired) electrons. The summed E-state index contributed by atoms with van der Waals surface area (Å²) in [5.41, 5.74) is 4.22. The van der Waals surface area contributed by atoms with E-state index in [4.69, 9.17) is 13.9 Å². The quantitative estimate of drug-likeness (QED) is 0.327. The normalized spacial score (nSPS) is 12.5. The molecule has 0 fully saturated rings. The van der Waals surface area contributed by atoms with Crippen LogP contribution in [-0.2, 0) is 24.2 Å². The molecule has 1 aliphatic rings. The fourth-order valence-electron chi connectivity index (χ4n) is 4.60. The van der Waals surface area contributed by atoms with Crippen LogP contribution in [0.4, 0.5) is 5.69 Å². The Labute approximate surface area is 222 Å². The number of benzene rings is 3. The minimum Gasteiger partial charge on any atom is -0.497 e. The molecule has 7 heteroatoms. The molecule has 38 heavy (non-hydrogen) atoms. The Kier molecular flexibility index (Phi) is 7.45. The molecule has 2 amide bonds. The number of ether oxygens (including phenoxy) is 2. The third-order valence-corrected chi connectivity index (χ3v) is 6.73. The van der Waals surface area contributed by atoms with Gasteiger partial charge in [-0.3, -0.25) is 9.59 Å². The highest BCUT2D eigenvalue weighted by Gasteiger charge is 2.24. The number of hydrogen-bond acceptors (Lipinski definition) is 5. The standard InChI is InChI=1S/C31H30N2O5/c1-36-26-16-23(17-27(19-26)37-2)31(35)32-25-11-9-22(10-12-25)29-18-24-20-33(15-14-28(24)38-29)30(34)13-8-21-6-4-3-5-7-21/h3-7,9-12,16-19H,8,13-15,20H2,1-2H3,(H,32,35). The number of hydrogen-bond donors (Lipinski definition) is 1. The summed E-state index contributed by atoms with van der Waals surface area (Å²) in [5, 5.41) is 2.91. The van der Waals surface area contributed by atoms with Gasteiger partial charge in [0, 0.05) is 54.4 Å². The van der Waals surface area contributed by atoms with Crippen LogP contribution < -0.4 is 14.8 Å². The fourth-order valence-corrected chi connectivity index (χ4v) is 4.60. The summed E-state index contributed by atoms with van der Waals surface area (Å²) in [6, 6.07) is 24.6. The maximum absolute atomic E-state index is 12.8. The van der Waals surface area contributed by atoms with E-state index in [9.17, 15) is 9.59 Å². The topological polar surface area (TPSA) is 81.0 Å². The van der Waals surface area contributed by atoms with Crippen molar-refractivity contribution >= 4 is 17.5 Å². The molecule has 5 rings (SSSR count). The van der Waals surface area contributed by atoms with Gasteiger partial charge in [-0.15, -0.1) is 0 Å². The lowest BCUT2D eigenvalue weighted by molar-refractivity contribution is -0.132. The summed E-state index contributed by atoms with van der Waals surface area (Å²) in [7, 11) is 3.09. The first-order valence-electron chi connectivity index (χ1n) is 12.6. The van der Waals surface area contributed by atoms with Crippen molar-refractivity contribution in [3.05, 3.63) is 101 Å². The first kappa shape index (κ1) is 25.1. The zero-order chi connectivity index (χ0) is 26.5. The van der Waals surface area contributed by atoms with Crippen LogP contribution in [0.25, 0.3) is 11.3 Å². The number of carbonyl (C=O) groups excluding carboxylic acids is 2. The second-order valence-corrected chi connectivity index (χ2v) is 9.24. The Morgan fingerprint density at radius 1 is 0.921 bits per heavy atom. The van der Waals surface area contributed by atoms with Crippen molar-refractivity contribution < 1.29 is 23.5 Å². The van der Waals surface area contributed by atoms with Crippen molar-refractivity contribution in [2.75, 3.05) is 26.1 Å². The van der Waals surface area contributed by atoms with Crippen molar-refractivity contribution in [1.29, 1.82) is 0 Å². The number of methoxy groups -OCH3 is 2. The summed E-state index contributed by atoms with van der Waals surface area (Å²) in [6.07, 6.45) is 1.94. The molecule has 1 aliphatic heterocycles. The van der Waals surface area contributed by atoms with E-state index < -0.39 is 0 Å². The minimum absolute atomic E-state index is 0.163. The van der Waals surface area contributed by atoms with E-state index >= 15 is 0 Å². The molecule has 0 saturated carbocycles. The molecule has 0 atom stereocenters. The third-order valence-electron chi connectivity index (χ3n) is 6.73. The van der Waals surface area contributed by atoms with E-state index in [0.29, 0.717) is 48.7 Å². The van der Waals surface area contributed by atoms with E-state index in [-0.39, 0.29) is 11.8 Å². The number of carbonyl (C=O) groups is 2. The highest BCUT2D eigenvalue weighted by Crippen LogP contribution is 2.31. The Morgan fingerprint density at radius 3 is 2.32 bits per heavy atom. The molecular weight excluding hydrogens is 480 g/mol. The highest BCUT2D eigenvalue weighted by atomic mass is 16.5. The third kappa shape index (κ3) is 5.72.